The van der Waals surface area contributed by atoms with Gasteiger partial charge in [-0.05, 0) is 11.6 Å². The smallest absolute Gasteiger partial charge is 0.223 e. The molecule has 0 N–H and O–H groups in total. The molecule has 1 aromatic heterocycles. The molecule has 0 spiro atoms. The Morgan fingerprint density at radius 2 is 2.57 bits per heavy atom. The number of halogens is 1. The van der Waals surface area contributed by atoms with E-state index in [-0.39, 0.29) is 5.22 Å². The van der Waals surface area contributed by atoms with Crippen LogP contribution in [0, 0.1) is 13.1 Å². The molecule has 7 heavy (non-hydrogen) atoms. The zero-order valence-corrected chi connectivity index (χ0v) is 4.49. The lowest BCUT2D eigenvalue weighted by Crippen LogP contribution is -1.60. The summed E-state index contributed by atoms with van der Waals surface area (Å²) in [4.78, 5) is 3.59. The zero-order valence-electron chi connectivity index (χ0n) is 3.73. The molecule has 2 nitrogen and oxygen atoms in total. The maximum absolute atomic E-state index is 5.28. The maximum Gasteiger partial charge on any atom is 0.223 e. The van der Waals surface area contributed by atoms with Gasteiger partial charge in [-0.25, -0.2) is 4.98 Å². The van der Waals surface area contributed by atoms with E-state index in [0.29, 0.717) is 5.89 Å². The third-order valence-corrected chi connectivity index (χ3v) is 0.700. The molecule has 0 amide bonds. The lowest BCUT2D eigenvalue weighted by Gasteiger charge is -1.70. The van der Waals surface area contributed by atoms with Gasteiger partial charge in [0, 0.05) is 6.92 Å². The first kappa shape index (κ1) is 4.65. The van der Waals surface area contributed by atoms with E-state index in [1.54, 1.807) is 6.92 Å². The summed E-state index contributed by atoms with van der Waals surface area (Å²) in [5, 5.41) is 0.220. The Hall–Kier alpha value is -0.500. The first-order valence-corrected chi connectivity index (χ1v) is 2.17. The molecule has 0 saturated heterocycles. The summed E-state index contributed by atoms with van der Waals surface area (Å²) >= 11 is 5.28. The highest BCUT2D eigenvalue weighted by atomic mass is 35.5. The van der Waals surface area contributed by atoms with Crippen molar-refractivity contribution >= 4 is 11.6 Å². The van der Waals surface area contributed by atoms with Crippen LogP contribution in [0.1, 0.15) is 5.89 Å². The molecule has 0 atom stereocenters. The highest BCUT2D eigenvalue weighted by Crippen LogP contribution is 2.05. The van der Waals surface area contributed by atoms with Crippen molar-refractivity contribution in [3.8, 4) is 0 Å². The van der Waals surface area contributed by atoms with Gasteiger partial charge in [0.2, 0.25) is 5.22 Å². The van der Waals surface area contributed by atoms with Crippen molar-refractivity contribution in [3.05, 3.63) is 17.3 Å². The molecule has 0 fully saturated rings. The standard InChI is InChI=1S/C4H3ClNO/c1-3-6-2-4(5)7-3/h1H3. The second-order valence-electron chi connectivity index (χ2n) is 1.12. The fourth-order valence-electron chi connectivity index (χ4n) is 0.298. The monoisotopic (exact) mass is 116 g/mol. The van der Waals surface area contributed by atoms with Crippen molar-refractivity contribution in [1.82, 2.24) is 4.98 Å². The topological polar surface area (TPSA) is 26.0 Å². The summed E-state index contributed by atoms with van der Waals surface area (Å²) in [6.45, 7) is 1.71. The normalized spacial score (nSPS) is 9.43. The summed E-state index contributed by atoms with van der Waals surface area (Å²) in [6.07, 6.45) is 2.42. The van der Waals surface area contributed by atoms with Gasteiger partial charge in [0.1, 0.15) is 0 Å². The summed E-state index contributed by atoms with van der Waals surface area (Å²) in [7, 11) is 0. The van der Waals surface area contributed by atoms with E-state index in [4.69, 9.17) is 11.6 Å². The van der Waals surface area contributed by atoms with Crippen LogP contribution >= 0.6 is 11.6 Å². The molecule has 0 aromatic carbocycles. The van der Waals surface area contributed by atoms with Gasteiger partial charge in [0.05, 0.1) is 0 Å². The molecule has 1 heterocycles. The van der Waals surface area contributed by atoms with E-state index in [1.807, 2.05) is 0 Å². The minimum absolute atomic E-state index is 0.220. The van der Waals surface area contributed by atoms with Gasteiger partial charge >= 0.3 is 0 Å². The van der Waals surface area contributed by atoms with E-state index < -0.39 is 0 Å². The predicted molar refractivity (Wildman–Crippen MR) is 25.1 cm³/mol. The average Bonchev–Trinajstić information content (AvgIpc) is 1.87. The molecule has 0 unspecified atom stereocenters. The third kappa shape index (κ3) is 0.933. The van der Waals surface area contributed by atoms with Gasteiger partial charge in [-0.15, -0.1) is 0 Å². The molecular formula is C4H3ClNO. The Bertz CT molecular complexity index is 144. The number of nitrogens with zero attached hydrogens (tertiary/aromatic N) is 1. The maximum atomic E-state index is 5.28. The molecular weight excluding hydrogens is 114 g/mol. The second kappa shape index (κ2) is 1.54. The molecule has 1 aromatic rings. The number of rotatable bonds is 0. The number of hydrogen-bond donors (Lipinski definition) is 0. The van der Waals surface area contributed by atoms with Gasteiger partial charge in [-0.1, -0.05) is 0 Å². The molecule has 3 heteroatoms. The summed E-state index contributed by atoms with van der Waals surface area (Å²) in [5.74, 6) is 0.546. The Labute approximate surface area is 46.1 Å². The van der Waals surface area contributed by atoms with Crippen LogP contribution in [-0.4, -0.2) is 4.98 Å². The van der Waals surface area contributed by atoms with E-state index in [1.165, 1.54) is 0 Å². The van der Waals surface area contributed by atoms with Crippen LogP contribution in [0.2, 0.25) is 5.22 Å². The van der Waals surface area contributed by atoms with E-state index in [0.717, 1.165) is 0 Å². The first-order chi connectivity index (χ1) is 3.29. The van der Waals surface area contributed by atoms with Gasteiger partial charge in [-0.2, -0.15) is 0 Å². The summed E-state index contributed by atoms with van der Waals surface area (Å²) < 4.78 is 4.68. The van der Waals surface area contributed by atoms with Crippen LogP contribution in [0.5, 0.6) is 0 Å². The molecule has 37 valence electrons. The number of hydrogen-bond acceptors (Lipinski definition) is 2. The van der Waals surface area contributed by atoms with Crippen molar-refractivity contribution in [1.29, 1.82) is 0 Å². The van der Waals surface area contributed by atoms with Gasteiger partial charge in [0.15, 0.2) is 12.1 Å². The molecule has 1 radical (unpaired) electrons. The lowest BCUT2D eigenvalue weighted by molar-refractivity contribution is 0.523. The minimum atomic E-state index is 0.220. The Balaban J connectivity index is 3.04. The van der Waals surface area contributed by atoms with Crippen molar-refractivity contribution in [3.63, 3.8) is 0 Å². The quantitative estimate of drug-likeness (QED) is 0.513. The zero-order chi connectivity index (χ0) is 5.28. The Morgan fingerprint density at radius 3 is 2.71 bits per heavy atom. The number of oxazole rings is 1. The SMILES string of the molecule is Cc1n[c]c(Cl)o1. The van der Waals surface area contributed by atoms with Crippen LogP contribution in [0.3, 0.4) is 0 Å². The molecule has 1 rings (SSSR count). The first-order valence-electron chi connectivity index (χ1n) is 1.79. The minimum Gasteiger partial charge on any atom is -0.429 e. The highest BCUT2D eigenvalue weighted by molar-refractivity contribution is 6.28. The average molecular weight is 117 g/mol. The largest absolute Gasteiger partial charge is 0.429 e. The van der Waals surface area contributed by atoms with Crippen LogP contribution in [-0.2, 0) is 0 Å². The van der Waals surface area contributed by atoms with Gasteiger partial charge in [0.25, 0.3) is 0 Å². The number of aryl methyl sites for hydroxylation is 1. The van der Waals surface area contributed by atoms with Crippen molar-refractivity contribution < 1.29 is 4.42 Å². The lowest BCUT2D eigenvalue weighted by atomic mass is 10.8. The van der Waals surface area contributed by atoms with Crippen LogP contribution in [0.15, 0.2) is 4.42 Å². The Kier molecular flexibility index (Phi) is 1.02. The summed E-state index contributed by atoms with van der Waals surface area (Å²) in [5.41, 5.74) is 0. The molecule has 0 aliphatic carbocycles. The van der Waals surface area contributed by atoms with Crippen LogP contribution < -0.4 is 0 Å². The fraction of sp³-hybridized carbons (Fsp3) is 0.250. The fourth-order valence-corrected chi connectivity index (χ4v) is 0.452. The van der Waals surface area contributed by atoms with Gasteiger partial charge < -0.3 is 4.42 Å². The van der Waals surface area contributed by atoms with Crippen molar-refractivity contribution in [2.75, 3.05) is 0 Å². The molecule has 0 aliphatic rings. The molecule has 0 bridgehead atoms. The number of aromatic nitrogens is 1. The van der Waals surface area contributed by atoms with Gasteiger partial charge in [-0.3, -0.25) is 0 Å². The van der Waals surface area contributed by atoms with E-state index >= 15 is 0 Å². The third-order valence-electron chi connectivity index (χ3n) is 0.539. The van der Waals surface area contributed by atoms with E-state index in [9.17, 15) is 0 Å². The summed E-state index contributed by atoms with van der Waals surface area (Å²) in [6, 6.07) is 0. The van der Waals surface area contributed by atoms with Crippen LogP contribution in [0.25, 0.3) is 0 Å². The van der Waals surface area contributed by atoms with Crippen molar-refractivity contribution in [2.45, 2.75) is 6.92 Å². The Morgan fingerprint density at radius 1 is 1.86 bits per heavy atom. The predicted octanol–water partition coefficient (Wildman–Crippen LogP) is 1.44. The van der Waals surface area contributed by atoms with Crippen molar-refractivity contribution in [2.24, 2.45) is 0 Å². The second-order valence-corrected chi connectivity index (χ2v) is 1.46. The van der Waals surface area contributed by atoms with E-state index in [2.05, 4.69) is 15.6 Å². The van der Waals surface area contributed by atoms with Crippen LogP contribution in [0.4, 0.5) is 0 Å². The molecule has 0 aliphatic heterocycles. The highest BCUT2D eigenvalue weighted by Gasteiger charge is 1.91. The molecule has 0 saturated carbocycles.